The summed E-state index contributed by atoms with van der Waals surface area (Å²) in [5.41, 5.74) is 2.17. The molecule has 1 atom stereocenters. The summed E-state index contributed by atoms with van der Waals surface area (Å²) in [6.45, 7) is 5.76. The van der Waals surface area contributed by atoms with Gasteiger partial charge in [0.15, 0.2) is 6.29 Å². The molecule has 1 aromatic rings. The van der Waals surface area contributed by atoms with E-state index in [1.807, 2.05) is 25.1 Å². The van der Waals surface area contributed by atoms with Gasteiger partial charge in [-0.1, -0.05) is 56.3 Å². The molecule has 0 fully saturated rings. The molecule has 0 amide bonds. The van der Waals surface area contributed by atoms with Gasteiger partial charge in [-0.05, 0) is 11.1 Å². The van der Waals surface area contributed by atoms with Crippen LogP contribution < -0.4 is 0 Å². The zero-order chi connectivity index (χ0) is 12.5. The first-order chi connectivity index (χ1) is 8.26. The van der Waals surface area contributed by atoms with E-state index in [4.69, 9.17) is 4.74 Å². The van der Waals surface area contributed by atoms with Crippen LogP contribution in [0, 0.1) is 0 Å². The zero-order valence-electron chi connectivity index (χ0n) is 10.3. The molecule has 0 aliphatic heterocycles. The van der Waals surface area contributed by atoms with Crippen LogP contribution in [0.4, 0.5) is 0 Å². The Morgan fingerprint density at radius 2 is 2.12 bits per heavy atom. The van der Waals surface area contributed by atoms with Crippen molar-refractivity contribution in [2.45, 2.75) is 32.5 Å². The van der Waals surface area contributed by atoms with Crippen molar-refractivity contribution in [1.29, 1.82) is 0 Å². The number of allylic oxidation sites excluding steroid dienone is 2. The van der Waals surface area contributed by atoms with E-state index in [0.717, 1.165) is 18.4 Å². The summed E-state index contributed by atoms with van der Waals surface area (Å²) in [5, 5.41) is 9.46. The molecule has 0 radical (unpaired) electrons. The average Bonchev–Trinajstić information content (AvgIpc) is 2.36. The van der Waals surface area contributed by atoms with Crippen molar-refractivity contribution in [3.63, 3.8) is 0 Å². The molecule has 0 spiro atoms. The van der Waals surface area contributed by atoms with Gasteiger partial charge >= 0.3 is 0 Å². The molecular weight excluding hydrogens is 212 g/mol. The maximum absolute atomic E-state index is 9.46. The van der Waals surface area contributed by atoms with E-state index in [1.54, 1.807) is 12.3 Å². The van der Waals surface area contributed by atoms with Crippen LogP contribution >= 0.6 is 0 Å². The summed E-state index contributed by atoms with van der Waals surface area (Å²) in [6.07, 6.45) is 4.95. The molecule has 0 aliphatic carbocycles. The smallest absolute Gasteiger partial charge is 0.196 e. The number of hydrogen-bond donors (Lipinski definition) is 1. The second-order valence-electron chi connectivity index (χ2n) is 3.94. The molecule has 1 unspecified atom stereocenters. The topological polar surface area (TPSA) is 29.5 Å². The van der Waals surface area contributed by atoms with Gasteiger partial charge in [0.25, 0.3) is 0 Å². The molecule has 1 aromatic carbocycles. The Kier molecular flexibility index (Phi) is 6.12. The van der Waals surface area contributed by atoms with Gasteiger partial charge < -0.3 is 9.84 Å². The van der Waals surface area contributed by atoms with Gasteiger partial charge in [0, 0.05) is 12.8 Å². The molecule has 1 rings (SSSR count). The Morgan fingerprint density at radius 3 is 2.71 bits per heavy atom. The first-order valence-corrected chi connectivity index (χ1v) is 5.95. The fourth-order valence-electron chi connectivity index (χ4n) is 1.47. The third-order valence-corrected chi connectivity index (χ3v) is 2.43. The monoisotopic (exact) mass is 232 g/mol. The van der Waals surface area contributed by atoms with E-state index in [0.29, 0.717) is 6.42 Å². The van der Waals surface area contributed by atoms with Gasteiger partial charge in [0.1, 0.15) is 0 Å². The average molecular weight is 232 g/mol. The number of aliphatic hydroxyl groups is 1. The highest BCUT2D eigenvalue weighted by Gasteiger charge is 2.01. The molecular formula is C15H20O2. The Labute approximate surface area is 103 Å². The van der Waals surface area contributed by atoms with Crippen LogP contribution in [0.15, 0.2) is 54.8 Å². The predicted octanol–water partition coefficient (Wildman–Crippen LogP) is 3.43. The predicted molar refractivity (Wildman–Crippen MR) is 70.4 cm³/mol. The van der Waals surface area contributed by atoms with Crippen molar-refractivity contribution in [2.75, 3.05) is 0 Å². The van der Waals surface area contributed by atoms with Gasteiger partial charge in [0.2, 0.25) is 0 Å². The summed E-state index contributed by atoms with van der Waals surface area (Å²) in [6, 6.07) is 10.1. The molecule has 2 nitrogen and oxygen atoms in total. The van der Waals surface area contributed by atoms with E-state index >= 15 is 0 Å². The highest BCUT2D eigenvalue weighted by Crippen LogP contribution is 2.10. The van der Waals surface area contributed by atoms with Crippen molar-refractivity contribution >= 4 is 0 Å². The zero-order valence-corrected chi connectivity index (χ0v) is 10.3. The molecule has 0 heterocycles. The number of rotatable bonds is 7. The van der Waals surface area contributed by atoms with Crippen LogP contribution in [0.1, 0.15) is 25.3 Å². The standard InChI is InChI=1S/C15H20O2/c1-3-8-15(16)17-12-13(4-2)11-14-9-6-5-7-10-14/h4-7,9-10,12,15-16H,2-3,8,11H2,1H3. The number of aliphatic hydroxyl groups excluding tert-OH is 1. The van der Waals surface area contributed by atoms with Crippen molar-refractivity contribution < 1.29 is 9.84 Å². The molecule has 0 bridgehead atoms. The molecule has 17 heavy (non-hydrogen) atoms. The Balaban J connectivity index is 2.53. The largest absolute Gasteiger partial charge is 0.472 e. The third kappa shape index (κ3) is 5.36. The lowest BCUT2D eigenvalue weighted by Gasteiger charge is -2.10. The van der Waals surface area contributed by atoms with Gasteiger partial charge in [-0.25, -0.2) is 0 Å². The Hall–Kier alpha value is -1.54. The number of hydrogen-bond acceptors (Lipinski definition) is 2. The lowest BCUT2D eigenvalue weighted by atomic mass is 10.1. The summed E-state index contributed by atoms with van der Waals surface area (Å²) in [5.74, 6) is 0. The first kappa shape index (κ1) is 13.5. The van der Waals surface area contributed by atoms with Gasteiger partial charge in [-0.15, -0.1) is 0 Å². The molecule has 92 valence electrons. The SMILES string of the molecule is C=CC(=COC(O)CCC)Cc1ccccc1. The van der Waals surface area contributed by atoms with E-state index < -0.39 is 6.29 Å². The fourth-order valence-corrected chi connectivity index (χ4v) is 1.47. The maximum atomic E-state index is 9.46. The van der Waals surface area contributed by atoms with Gasteiger partial charge in [0.05, 0.1) is 6.26 Å². The van der Waals surface area contributed by atoms with E-state index in [-0.39, 0.29) is 0 Å². The van der Waals surface area contributed by atoms with Crippen LogP contribution in [0.5, 0.6) is 0 Å². The molecule has 1 N–H and O–H groups in total. The van der Waals surface area contributed by atoms with Crippen molar-refractivity contribution in [1.82, 2.24) is 0 Å². The van der Waals surface area contributed by atoms with E-state index in [1.165, 1.54) is 5.56 Å². The lowest BCUT2D eigenvalue weighted by Crippen LogP contribution is -2.07. The summed E-state index contributed by atoms with van der Waals surface area (Å²) in [4.78, 5) is 0. The summed E-state index contributed by atoms with van der Waals surface area (Å²) >= 11 is 0. The van der Waals surface area contributed by atoms with Crippen molar-refractivity contribution in [2.24, 2.45) is 0 Å². The summed E-state index contributed by atoms with van der Waals surface area (Å²) in [7, 11) is 0. The molecule has 2 heteroatoms. The van der Waals surface area contributed by atoms with Crippen LogP contribution in [0.3, 0.4) is 0 Å². The van der Waals surface area contributed by atoms with Gasteiger partial charge in [-0.3, -0.25) is 0 Å². The van der Waals surface area contributed by atoms with Crippen molar-refractivity contribution in [3.8, 4) is 0 Å². The van der Waals surface area contributed by atoms with Crippen LogP contribution in [-0.2, 0) is 11.2 Å². The highest BCUT2D eigenvalue weighted by atomic mass is 16.6. The number of ether oxygens (including phenoxy) is 1. The molecule has 0 aromatic heterocycles. The van der Waals surface area contributed by atoms with Crippen molar-refractivity contribution in [3.05, 3.63) is 60.4 Å². The minimum Gasteiger partial charge on any atom is -0.472 e. The Morgan fingerprint density at radius 1 is 1.41 bits per heavy atom. The number of benzene rings is 1. The van der Waals surface area contributed by atoms with E-state index in [9.17, 15) is 5.11 Å². The quantitative estimate of drug-likeness (QED) is 0.443. The third-order valence-electron chi connectivity index (χ3n) is 2.43. The second-order valence-corrected chi connectivity index (χ2v) is 3.94. The van der Waals surface area contributed by atoms with Crippen LogP contribution in [0.25, 0.3) is 0 Å². The highest BCUT2D eigenvalue weighted by molar-refractivity contribution is 5.26. The first-order valence-electron chi connectivity index (χ1n) is 5.95. The fraction of sp³-hybridized carbons (Fsp3) is 0.333. The Bertz CT molecular complexity index is 354. The van der Waals surface area contributed by atoms with Crippen LogP contribution in [-0.4, -0.2) is 11.4 Å². The maximum Gasteiger partial charge on any atom is 0.196 e. The second kappa shape index (κ2) is 7.69. The minimum absolute atomic E-state index is 0.645. The molecule has 0 aliphatic rings. The minimum atomic E-state index is -0.717. The molecule has 0 saturated heterocycles. The normalized spacial score (nSPS) is 13.2. The van der Waals surface area contributed by atoms with Crippen LogP contribution in [0.2, 0.25) is 0 Å². The summed E-state index contributed by atoms with van der Waals surface area (Å²) < 4.78 is 5.23. The van der Waals surface area contributed by atoms with Gasteiger partial charge in [-0.2, -0.15) is 0 Å². The molecule has 0 saturated carbocycles. The lowest BCUT2D eigenvalue weighted by molar-refractivity contribution is -0.0569. The van der Waals surface area contributed by atoms with E-state index in [2.05, 4.69) is 18.7 Å².